The predicted octanol–water partition coefficient (Wildman–Crippen LogP) is 3.37. The molecule has 0 bridgehead atoms. The summed E-state index contributed by atoms with van der Waals surface area (Å²) in [5.74, 6) is -1.02. The van der Waals surface area contributed by atoms with Crippen LogP contribution in [-0.4, -0.2) is 75.7 Å². The zero-order valence-electron chi connectivity index (χ0n) is 25.5. The van der Waals surface area contributed by atoms with Crippen LogP contribution in [0.2, 0.25) is 0 Å². The van der Waals surface area contributed by atoms with Crippen molar-refractivity contribution < 1.29 is 43.3 Å². The van der Waals surface area contributed by atoms with Crippen LogP contribution in [0.15, 0.2) is 65.0 Å². The number of nitrogens with zero attached hydrogens (tertiary/aromatic N) is 1. The van der Waals surface area contributed by atoms with Gasteiger partial charge in [-0.15, -0.1) is 0 Å². The summed E-state index contributed by atoms with van der Waals surface area (Å²) in [5, 5.41) is 28.1. The maximum Gasteiger partial charge on any atom is 0.336 e. The van der Waals surface area contributed by atoms with Gasteiger partial charge in [-0.3, -0.25) is 10.1 Å². The van der Waals surface area contributed by atoms with Crippen molar-refractivity contribution >= 4 is 17.6 Å². The summed E-state index contributed by atoms with van der Waals surface area (Å²) in [6.07, 6.45) is 0.583. The molecular weight excluding hydrogens is 574 g/mol. The topological polar surface area (TPSA) is 168 Å². The molecule has 1 unspecified atom stereocenters. The third-order valence-electron chi connectivity index (χ3n) is 6.97. The molecule has 1 aliphatic heterocycles. The summed E-state index contributed by atoms with van der Waals surface area (Å²) in [4.78, 5) is 36.9. The average Bonchev–Trinajstić information content (AvgIpc) is 3.02. The minimum Gasteiger partial charge on any atom is -0.493 e. The fraction of sp³-hybridized carbons (Fsp3) is 0.419. The number of nitro groups is 1. The number of hydrogen-bond acceptors (Lipinski definition) is 12. The number of ether oxygens (including phenoxy) is 5. The number of nitro benzene ring substituents is 1. The van der Waals surface area contributed by atoms with Crippen LogP contribution >= 0.6 is 0 Å². The van der Waals surface area contributed by atoms with Gasteiger partial charge in [-0.2, -0.15) is 0 Å². The highest BCUT2D eigenvalue weighted by atomic mass is 16.6. The second-order valence-corrected chi connectivity index (χ2v) is 9.97. The number of hydrogen-bond donors (Lipinski definition) is 3. The lowest BCUT2D eigenvalue weighted by atomic mass is 9.80. The van der Waals surface area contributed by atoms with Crippen molar-refractivity contribution in [3.05, 3.63) is 80.7 Å². The number of carbonyl (C=O) groups is 2. The Morgan fingerprint density at radius 3 is 2.18 bits per heavy atom. The van der Waals surface area contributed by atoms with E-state index < -0.39 is 28.9 Å². The lowest BCUT2D eigenvalue weighted by Crippen LogP contribution is -2.32. The molecule has 0 spiro atoms. The highest BCUT2D eigenvalue weighted by Gasteiger charge is 2.39. The number of carbonyl (C=O) groups excluding carboxylic acids is 2. The quantitative estimate of drug-likeness (QED) is 0.109. The van der Waals surface area contributed by atoms with E-state index in [1.165, 1.54) is 32.4 Å². The maximum atomic E-state index is 12.9. The molecule has 3 rings (SSSR count). The number of aliphatic hydroxyl groups is 1. The van der Waals surface area contributed by atoms with Crippen LogP contribution in [0.25, 0.3) is 0 Å². The number of aliphatic hydroxyl groups excluding tert-OH is 1. The van der Waals surface area contributed by atoms with E-state index in [-0.39, 0.29) is 41.4 Å². The van der Waals surface area contributed by atoms with E-state index in [0.29, 0.717) is 48.8 Å². The van der Waals surface area contributed by atoms with E-state index in [1.54, 1.807) is 33.1 Å². The van der Waals surface area contributed by atoms with Gasteiger partial charge in [-0.1, -0.05) is 12.1 Å². The Hall–Kier alpha value is -4.62. The van der Waals surface area contributed by atoms with Gasteiger partial charge in [0.2, 0.25) is 0 Å². The number of benzene rings is 2. The van der Waals surface area contributed by atoms with Crippen molar-refractivity contribution in [2.75, 3.05) is 47.6 Å². The number of rotatable bonds is 16. The second kappa shape index (κ2) is 16.3. The van der Waals surface area contributed by atoms with Crippen molar-refractivity contribution in [1.29, 1.82) is 0 Å². The fourth-order valence-electron chi connectivity index (χ4n) is 4.86. The highest BCUT2D eigenvalue weighted by Crippen LogP contribution is 2.44. The maximum absolute atomic E-state index is 12.9. The Morgan fingerprint density at radius 1 is 0.955 bits per heavy atom. The molecule has 0 aromatic heterocycles. The molecule has 2 aromatic rings. The van der Waals surface area contributed by atoms with E-state index in [4.69, 9.17) is 23.7 Å². The van der Waals surface area contributed by atoms with Gasteiger partial charge in [0, 0.05) is 35.6 Å². The summed E-state index contributed by atoms with van der Waals surface area (Å²) in [5.41, 5.74) is 1.13. The molecule has 0 fully saturated rings. The molecule has 0 saturated heterocycles. The van der Waals surface area contributed by atoms with Gasteiger partial charge in [0.25, 0.3) is 5.69 Å². The third-order valence-corrected chi connectivity index (χ3v) is 6.97. The molecule has 3 N–H and O–H groups in total. The molecule has 0 aliphatic carbocycles. The Balaban J connectivity index is 1.65. The molecule has 238 valence electrons. The van der Waals surface area contributed by atoms with Crippen molar-refractivity contribution in [2.24, 2.45) is 0 Å². The second-order valence-electron chi connectivity index (χ2n) is 9.97. The van der Waals surface area contributed by atoms with Crippen LogP contribution in [0.3, 0.4) is 0 Å². The molecule has 2 aromatic carbocycles. The van der Waals surface area contributed by atoms with E-state index in [2.05, 4.69) is 10.6 Å². The van der Waals surface area contributed by atoms with Crippen molar-refractivity contribution in [3.8, 4) is 17.2 Å². The summed E-state index contributed by atoms with van der Waals surface area (Å²) in [6, 6.07) is 11.3. The van der Waals surface area contributed by atoms with Crippen molar-refractivity contribution in [3.63, 3.8) is 0 Å². The first kappa shape index (κ1) is 33.9. The first-order chi connectivity index (χ1) is 21.1. The van der Waals surface area contributed by atoms with Crippen LogP contribution in [0.1, 0.15) is 38.2 Å². The molecule has 1 atom stereocenters. The van der Waals surface area contributed by atoms with Gasteiger partial charge in [-0.25, -0.2) is 9.59 Å². The smallest absolute Gasteiger partial charge is 0.336 e. The van der Waals surface area contributed by atoms with E-state index in [0.717, 1.165) is 0 Å². The molecular formula is C31H39N3O10. The van der Waals surface area contributed by atoms with Gasteiger partial charge in [0.1, 0.15) is 18.5 Å². The summed E-state index contributed by atoms with van der Waals surface area (Å²) in [7, 11) is 3.98. The molecule has 1 heterocycles. The number of unbranched alkanes of at least 4 members (excludes halogenated alkanes) is 1. The molecule has 0 saturated carbocycles. The normalized spacial score (nSPS) is 14.0. The van der Waals surface area contributed by atoms with E-state index in [1.807, 2.05) is 12.1 Å². The van der Waals surface area contributed by atoms with Crippen molar-refractivity contribution in [2.45, 2.75) is 38.7 Å². The van der Waals surface area contributed by atoms with Crippen LogP contribution in [0.4, 0.5) is 5.69 Å². The van der Waals surface area contributed by atoms with Crippen LogP contribution in [-0.2, 0) is 19.1 Å². The van der Waals surface area contributed by atoms with Gasteiger partial charge in [0.05, 0.1) is 49.9 Å². The standard InChI is InChI=1S/C31H39N3O10/c1-19-27(30(36)41-4)29(28(20(2)33-19)31(37)42-5)23-16-21(34(38)39)12-13-24(23)43-15-9-8-14-32-17-22(35)18-44-26-11-7-6-10-25(26)40-3/h6-7,10-13,16,22,29,32-33,35H,8-9,14-15,17-18H2,1-5H3. The van der Waals surface area contributed by atoms with Gasteiger partial charge < -0.3 is 39.4 Å². The Bertz CT molecular complexity index is 1370. The monoisotopic (exact) mass is 613 g/mol. The van der Waals surface area contributed by atoms with Gasteiger partial charge >= 0.3 is 11.9 Å². The minimum atomic E-state index is -1.03. The molecule has 0 amide bonds. The Kier molecular flexibility index (Phi) is 12.5. The average molecular weight is 614 g/mol. The lowest BCUT2D eigenvalue weighted by molar-refractivity contribution is -0.384. The van der Waals surface area contributed by atoms with Crippen molar-refractivity contribution in [1.82, 2.24) is 10.6 Å². The zero-order chi connectivity index (χ0) is 32.2. The minimum absolute atomic E-state index is 0.0963. The lowest BCUT2D eigenvalue weighted by Gasteiger charge is -2.30. The third kappa shape index (κ3) is 8.48. The molecule has 13 heteroatoms. The predicted molar refractivity (Wildman–Crippen MR) is 160 cm³/mol. The number of nitrogens with one attached hydrogen (secondary N) is 2. The van der Waals surface area contributed by atoms with E-state index >= 15 is 0 Å². The van der Waals surface area contributed by atoms with Gasteiger partial charge in [-0.05, 0) is 51.4 Å². The fourth-order valence-corrected chi connectivity index (χ4v) is 4.86. The summed E-state index contributed by atoms with van der Waals surface area (Å²) < 4.78 is 26.9. The molecule has 44 heavy (non-hydrogen) atoms. The first-order valence-corrected chi connectivity index (χ1v) is 14.0. The largest absolute Gasteiger partial charge is 0.493 e. The molecule has 13 nitrogen and oxygen atoms in total. The number of non-ortho nitro benzene ring substituents is 1. The summed E-state index contributed by atoms with van der Waals surface area (Å²) in [6.45, 7) is 4.58. The van der Waals surface area contributed by atoms with Gasteiger partial charge in [0.15, 0.2) is 11.5 Å². The summed E-state index contributed by atoms with van der Waals surface area (Å²) >= 11 is 0. The highest BCUT2D eigenvalue weighted by molar-refractivity contribution is 6.00. The van der Waals surface area contributed by atoms with Crippen LogP contribution in [0, 0.1) is 10.1 Å². The Morgan fingerprint density at radius 2 is 1.59 bits per heavy atom. The van der Waals surface area contributed by atoms with Crippen LogP contribution in [0.5, 0.6) is 17.2 Å². The number of esters is 2. The van der Waals surface area contributed by atoms with E-state index in [9.17, 15) is 24.8 Å². The number of methoxy groups -OCH3 is 3. The first-order valence-electron chi connectivity index (χ1n) is 14.0. The molecule has 1 aliphatic rings. The van der Waals surface area contributed by atoms with Crippen LogP contribution < -0.4 is 24.8 Å². The SMILES string of the molecule is COC(=O)C1=C(C)NC(C)=C(C(=O)OC)C1c1cc([N+](=O)[O-])ccc1OCCCCNCC(O)COc1ccccc1OC. The number of para-hydroxylation sites is 2. The zero-order valence-corrected chi connectivity index (χ0v) is 25.5. The number of dihydropyridines is 1. The molecule has 0 radical (unpaired) electrons. The number of allylic oxidation sites excluding steroid dienone is 2. The Labute approximate surface area is 255 Å².